The molecule has 3 heterocycles. The van der Waals surface area contributed by atoms with Gasteiger partial charge in [-0.3, -0.25) is 4.68 Å². The summed E-state index contributed by atoms with van der Waals surface area (Å²) >= 11 is 0. The predicted octanol–water partition coefficient (Wildman–Crippen LogP) is 2.55. The maximum atomic E-state index is 13.0. The molecule has 0 radical (unpaired) electrons. The smallest absolute Gasteiger partial charge is 0.261 e. The predicted molar refractivity (Wildman–Crippen MR) is 111 cm³/mol. The average Bonchev–Trinajstić information content (AvgIpc) is 3.40. The van der Waals surface area contributed by atoms with Crippen molar-refractivity contribution in [2.75, 3.05) is 6.54 Å². The van der Waals surface area contributed by atoms with Gasteiger partial charge < -0.3 is 9.26 Å². The number of aromatic nitrogens is 5. The maximum Gasteiger partial charge on any atom is 0.261 e. The summed E-state index contributed by atoms with van der Waals surface area (Å²) in [7, 11) is -1.89. The van der Waals surface area contributed by atoms with Crippen molar-refractivity contribution in [2.45, 2.75) is 18.4 Å². The fraction of sp³-hybridized carbons (Fsp3) is 0.200. The molecule has 3 aromatic heterocycles. The standard InChI is InChI=1S/C20H19FN6O4S/c1-3-24-32(28,29)15-6-4-5-13(9-15)19-25-20(31-26-19)16-11-23-27(2)17(16)12-30-18-8-7-14(21)10-22-18/h4-11,24H,3,12H2,1-2H3. The van der Waals surface area contributed by atoms with Crippen molar-refractivity contribution in [3.8, 4) is 28.7 Å². The number of nitrogens with one attached hydrogen (secondary N) is 1. The summed E-state index contributed by atoms with van der Waals surface area (Å²) in [6.07, 6.45) is 2.62. The number of sulfonamides is 1. The average molecular weight is 458 g/mol. The van der Waals surface area contributed by atoms with E-state index in [0.29, 0.717) is 16.8 Å². The number of hydrogen-bond acceptors (Lipinski definition) is 8. The van der Waals surface area contributed by atoms with Gasteiger partial charge in [0.1, 0.15) is 12.4 Å². The molecule has 0 aliphatic carbocycles. The van der Waals surface area contributed by atoms with Crippen molar-refractivity contribution in [3.63, 3.8) is 0 Å². The highest BCUT2D eigenvalue weighted by Crippen LogP contribution is 2.26. The summed E-state index contributed by atoms with van der Waals surface area (Å²) in [5, 5.41) is 8.19. The lowest BCUT2D eigenvalue weighted by Crippen LogP contribution is -2.23. The van der Waals surface area contributed by atoms with E-state index in [1.807, 2.05) is 0 Å². The lowest BCUT2D eigenvalue weighted by atomic mass is 10.2. The maximum absolute atomic E-state index is 13.0. The molecule has 0 amide bonds. The van der Waals surface area contributed by atoms with Gasteiger partial charge in [-0.2, -0.15) is 10.1 Å². The van der Waals surface area contributed by atoms with Gasteiger partial charge in [0.2, 0.25) is 21.7 Å². The number of ether oxygens (including phenoxy) is 1. The molecule has 0 spiro atoms. The molecular weight excluding hydrogens is 439 g/mol. The van der Waals surface area contributed by atoms with Gasteiger partial charge in [-0.1, -0.05) is 24.2 Å². The van der Waals surface area contributed by atoms with Gasteiger partial charge in [-0.25, -0.2) is 22.5 Å². The highest BCUT2D eigenvalue weighted by Gasteiger charge is 2.20. The van der Waals surface area contributed by atoms with E-state index in [4.69, 9.17) is 9.26 Å². The van der Waals surface area contributed by atoms with Crippen LogP contribution in [0.3, 0.4) is 0 Å². The van der Waals surface area contributed by atoms with Crippen LogP contribution < -0.4 is 9.46 Å². The molecule has 12 heteroatoms. The molecule has 10 nitrogen and oxygen atoms in total. The summed E-state index contributed by atoms with van der Waals surface area (Å²) in [5.74, 6) is 0.214. The highest BCUT2D eigenvalue weighted by atomic mass is 32.2. The monoisotopic (exact) mass is 458 g/mol. The second-order valence-electron chi connectivity index (χ2n) is 6.68. The van der Waals surface area contributed by atoms with E-state index in [9.17, 15) is 12.8 Å². The molecule has 0 unspecified atom stereocenters. The van der Waals surface area contributed by atoms with Crippen LogP contribution in [0.4, 0.5) is 4.39 Å². The third kappa shape index (κ3) is 4.50. The first-order valence-corrected chi connectivity index (χ1v) is 11.0. The van der Waals surface area contributed by atoms with Crippen LogP contribution in [0, 0.1) is 5.82 Å². The number of aryl methyl sites for hydroxylation is 1. The number of nitrogens with zero attached hydrogens (tertiary/aromatic N) is 5. The Labute approximate surface area is 183 Å². The van der Waals surface area contributed by atoms with Gasteiger partial charge in [-0.05, 0) is 18.2 Å². The minimum absolute atomic E-state index is 0.0819. The highest BCUT2D eigenvalue weighted by molar-refractivity contribution is 7.89. The van der Waals surface area contributed by atoms with Gasteiger partial charge in [0.05, 0.1) is 28.5 Å². The van der Waals surface area contributed by atoms with Crippen molar-refractivity contribution in [1.82, 2.24) is 29.6 Å². The Bertz CT molecular complexity index is 1330. The summed E-state index contributed by atoms with van der Waals surface area (Å²) < 4.78 is 52.6. The number of benzene rings is 1. The SMILES string of the molecule is CCNS(=O)(=O)c1cccc(-c2noc(-c3cnn(C)c3COc3ccc(F)cn3)n2)c1. The lowest BCUT2D eigenvalue weighted by Gasteiger charge is -2.06. The molecule has 166 valence electrons. The van der Waals surface area contributed by atoms with Crippen molar-refractivity contribution >= 4 is 10.0 Å². The first-order valence-electron chi connectivity index (χ1n) is 9.57. The summed E-state index contributed by atoms with van der Waals surface area (Å²) in [6.45, 7) is 2.06. The zero-order chi connectivity index (χ0) is 22.7. The van der Waals surface area contributed by atoms with E-state index in [0.717, 1.165) is 6.20 Å². The van der Waals surface area contributed by atoms with Crippen LogP contribution in [-0.4, -0.2) is 39.9 Å². The van der Waals surface area contributed by atoms with E-state index < -0.39 is 15.8 Å². The molecule has 32 heavy (non-hydrogen) atoms. The Morgan fingerprint density at radius 2 is 2.06 bits per heavy atom. The Morgan fingerprint density at radius 1 is 1.22 bits per heavy atom. The Kier molecular flexibility index (Phi) is 5.97. The zero-order valence-corrected chi connectivity index (χ0v) is 18.0. The molecule has 0 saturated carbocycles. The molecule has 0 fully saturated rings. The number of rotatable bonds is 8. The first kappa shape index (κ1) is 21.6. The fourth-order valence-electron chi connectivity index (χ4n) is 2.93. The Balaban J connectivity index is 1.59. The van der Waals surface area contributed by atoms with Crippen LogP contribution in [-0.2, 0) is 23.7 Å². The number of hydrogen-bond donors (Lipinski definition) is 1. The summed E-state index contributed by atoms with van der Waals surface area (Å²) in [5.41, 5.74) is 1.66. The fourth-order valence-corrected chi connectivity index (χ4v) is 4.01. The molecule has 1 aromatic carbocycles. The molecule has 1 N–H and O–H groups in total. The largest absolute Gasteiger partial charge is 0.471 e. The Hall–Kier alpha value is -3.64. The number of pyridine rings is 1. The normalized spacial score (nSPS) is 11.6. The molecule has 4 rings (SSSR count). The van der Waals surface area contributed by atoms with E-state index in [1.165, 1.54) is 24.3 Å². The van der Waals surface area contributed by atoms with Gasteiger partial charge >= 0.3 is 0 Å². The number of halogens is 1. The van der Waals surface area contributed by atoms with Crippen molar-refractivity contribution < 1.29 is 22.1 Å². The third-order valence-corrected chi connectivity index (χ3v) is 6.06. The van der Waals surface area contributed by atoms with Crippen LogP contribution in [0.1, 0.15) is 12.6 Å². The van der Waals surface area contributed by atoms with Gasteiger partial charge in [-0.15, -0.1) is 0 Å². The van der Waals surface area contributed by atoms with E-state index in [1.54, 1.807) is 37.0 Å². The van der Waals surface area contributed by atoms with E-state index in [-0.39, 0.29) is 35.6 Å². The second-order valence-corrected chi connectivity index (χ2v) is 8.45. The van der Waals surface area contributed by atoms with Crippen LogP contribution in [0.25, 0.3) is 22.8 Å². The first-order chi connectivity index (χ1) is 15.4. The molecule has 0 bridgehead atoms. The molecule has 0 aliphatic rings. The van der Waals surface area contributed by atoms with Crippen molar-refractivity contribution in [2.24, 2.45) is 7.05 Å². The van der Waals surface area contributed by atoms with Gasteiger partial charge in [0.25, 0.3) is 5.89 Å². The summed E-state index contributed by atoms with van der Waals surface area (Å²) in [4.78, 5) is 8.36. The Morgan fingerprint density at radius 3 is 2.81 bits per heavy atom. The molecule has 4 aromatic rings. The minimum atomic E-state index is -3.62. The van der Waals surface area contributed by atoms with Crippen molar-refractivity contribution in [1.29, 1.82) is 0 Å². The minimum Gasteiger partial charge on any atom is -0.471 e. The lowest BCUT2D eigenvalue weighted by molar-refractivity contribution is 0.282. The molecule has 0 saturated heterocycles. The van der Waals surface area contributed by atoms with Crippen LogP contribution >= 0.6 is 0 Å². The zero-order valence-electron chi connectivity index (χ0n) is 17.2. The van der Waals surface area contributed by atoms with Gasteiger partial charge in [0, 0.05) is 25.2 Å². The second kappa shape index (κ2) is 8.85. The summed E-state index contributed by atoms with van der Waals surface area (Å²) in [6, 6.07) is 8.93. The van der Waals surface area contributed by atoms with Crippen molar-refractivity contribution in [3.05, 3.63) is 60.3 Å². The molecular formula is C20H19FN6O4S. The van der Waals surface area contributed by atoms with Crippen LogP contribution in [0.5, 0.6) is 5.88 Å². The topological polar surface area (TPSA) is 125 Å². The molecule has 0 atom stereocenters. The van der Waals surface area contributed by atoms with E-state index >= 15 is 0 Å². The third-order valence-electron chi connectivity index (χ3n) is 4.51. The van der Waals surface area contributed by atoms with Gasteiger partial charge in [0.15, 0.2) is 0 Å². The molecule has 0 aliphatic heterocycles. The van der Waals surface area contributed by atoms with E-state index in [2.05, 4.69) is 24.9 Å². The quantitative estimate of drug-likeness (QED) is 0.427. The van der Waals surface area contributed by atoms with Crippen LogP contribution in [0.2, 0.25) is 0 Å². The van der Waals surface area contributed by atoms with Crippen LogP contribution in [0.15, 0.2) is 58.2 Å².